The normalized spacial score (nSPS) is 10.7. The topological polar surface area (TPSA) is 91.2 Å². The van der Waals surface area contributed by atoms with Crippen LogP contribution in [-0.4, -0.2) is 28.1 Å². The lowest BCUT2D eigenvalue weighted by Gasteiger charge is -2.18. The zero-order valence-electron chi connectivity index (χ0n) is 14.1. The second-order valence-electron chi connectivity index (χ2n) is 5.76. The van der Waals surface area contributed by atoms with Crippen molar-refractivity contribution in [1.29, 1.82) is 0 Å². The molecule has 0 bridgehead atoms. The van der Waals surface area contributed by atoms with E-state index in [4.69, 9.17) is 4.52 Å². The Morgan fingerprint density at radius 2 is 2.00 bits per heavy atom. The second kappa shape index (κ2) is 6.68. The smallest absolute Gasteiger partial charge is 0.317 e. The first-order valence-corrected chi connectivity index (χ1v) is 7.39. The van der Waals surface area contributed by atoms with Crippen LogP contribution in [0.25, 0.3) is 0 Å². The van der Waals surface area contributed by atoms with Crippen molar-refractivity contribution in [1.82, 2.24) is 20.4 Å². The molecule has 2 amide bonds. The average Bonchev–Trinajstić information content (AvgIpc) is 2.77. The maximum absolute atomic E-state index is 12.2. The summed E-state index contributed by atoms with van der Waals surface area (Å²) in [6.07, 6.45) is 0. The molecule has 0 aliphatic carbocycles. The third kappa shape index (κ3) is 3.80. The fourth-order valence-electron chi connectivity index (χ4n) is 2.44. The third-order valence-electron chi connectivity index (χ3n) is 3.83. The summed E-state index contributed by atoms with van der Waals surface area (Å²) in [5.74, 6) is 0.702. The number of aryl methyl sites for hydroxylation is 4. The molecule has 0 radical (unpaired) electrons. The Balaban J connectivity index is 2.01. The summed E-state index contributed by atoms with van der Waals surface area (Å²) in [5.41, 5.74) is 3.73. The van der Waals surface area contributed by atoms with Gasteiger partial charge in [-0.3, -0.25) is 4.79 Å². The highest BCUT2D eigenvalue weighted by Crippen LogP contribution is 2.14. The summed E-state index contributed by atoms with van der Waals surface area (Å²) in [4.78, 5) is 28.4. The number of hydrogen-bond donors (Lipinski definition) is 2. The van der Waals surface area contributed by atoms with Gasteiger partial charge in [0.05, 0.1) is 18.8 Å². The van der Waals surface area contributed by atoms with Crippen LogP contribution in [0.2, 0.25) is 0 Å². The molecule has 2 N–H and O–H groups in total. The number of aromatic amines is 1. The highest BCUT2D eigenvalue weighted by Gasteiger charge is 2.16. The number of nitrogens with zero attached hydrogens (tertiary/aromatic N) is 2. The van der Waals surface area contributed by atoms with Crippen molar-refractivity contribution in [2.45, 2.75) is 40.8 Å². The minimum Gasteiger partial charge on any atom is -0.361 e. The van der Waals surface area contributed by atoms with Crippen LogP contribution in [0, 0.1) is 27.7 Å². The maximum atomic E-state index is 12.2. The molecule has 0 aromatic carbocycles. The second-order valence-corrected chi connectivity index (χ2v) is 5.76. The zero-order chi connectivity index (χ0) is 17.1. The molecule has 2 rings (SSSR count). The van der Waals surface area contributed by atoms with Crippen molar-refractivity contribution in [2.24, 2.45) is 0 Å². The predicted molar refractivity (Wildman–Crippen MR) is 86.2 cm³/mol. The molecule has 0 aliphatic heterocycles. The SMILES string of the molecule is Cc1cc(C)c(CNC(=O)N(C)Cc2c(C)noc2C)c(=O)[nH]1. The molecule has 0 spiro atoms. The number of nitrogens with one attached hydrogen (secondary N) is 2. The number of urea groups is 1. The monoisotopic (exact) mass is 318 g/mol. The fourth-order valence-corrected chi connectivity index (χ4v) is 2.44. The number of H-pyrrole nitrogens is 1. The van der Waals surface area contributed by atoms with Crippen LogP contribution in [0.1, 0.15) is 33.8 Å². The molecule has 0 aliphatic rings. The Hall–Kier alpha value is -2.57. The molecule has 0 fully saturated rings. The number of carbonyl (C=O) groups is 1. The summed E-state index contributed by atoms with van der Waals surface area (Å²) < 4.78 is 5.09. The Kier molecular flexibility index (Phi) is 4.88. The van der Waals surface area contributed by atoms with Crippen molar-refractivity contribution >= 4 is 6.03 Å². The van der Waals surface area contributed by atoms with Crippen LogP contribution in [0.4, 0.5) is 4.79 Å². The van der Waals surface area contributed by atoms with Gasteiger partial charge in [0, 0.05) is 23.9 Å². The molecule has 0 atom stereocenters. The van der Waals surface area contributed by atoms with E-state index in [1.54, 1.807) is 7.05 Å². The van der Waals surface area contributed by atoms with E-state index in [1.807, 2.05) is 33.8 Å². The average molecular weight is 318 g/mol. The number of rotatable bonds is 4. The molecule has 0 saturated carbocycles. The molecule has 0 unspecified atom stereocenters. The van der Waals surface area contributed by atoms with Gasteiger partial charge < -0.3 is 19.7 Å². The van der Waals surface area contributed by atoms with Gasteiger partial charge in [0.1, 0.15) is 5.76 Å². The highest BCUT2D eigenvalue weighted by atomic mass is 16.5. The number of hydrogen-bond acceptors (Lipinski definition) is 4. The van der Waals surface area contributed by atoms with Gasteiger partial charge in [-0.25, -0.2) is 4.79 Å². The summed E-state index contributed by atoms with van der Waals surface area (Å²) in [6.45, 7) is 7.93. The molecule has 7 heteroatoms. The van der Waals surface area contributed by atoms with E-state index in [2.05, 4.69) is 15.5 Å². The van der Waals surface area contributed by atoms with Gasteiger partial charge in [-0.05, 0) is 39.3 Å². The number of carbonyl (C=O) groups excluding carboxylic acids is 1. The summed E-state index contributed by atoms with van der Waals surface area (Å²) in [7, 11) is 1.69. The number of amides is 2. The van der Waals surface area contributed by atoms with Crippen LogP contribution in [0.15, 0.2) is 15.4 Å². The van der Waals surface area contributed by atoms with E-state index in [0.717, 1.165) is 22.5 Å². The van der Waals surface area contributed by atoms with E-state index in [1.165, 1.54) is 4.90 Å². The van der Waals surface area contributed by atoms with Gasteiger partial charge in [0.15, 0.2) is 0 Å². The minimum absolute atomic E-state index is 0.170. The standard InChI is InChI=1S/C16H22N4O3/c1-9-6-10(2)18-15(21)13(9)7-17-16(22)20(5)8-14-11(3)19-23-12(14)4/h6H,7-8H2,1-5H3,(H,17,22)(H,18,21). The Morgan fingerprint density at radius 1 is 1.30 bits per heavy atom. The fraction of sp³-hybridized carbons (Fsp3) is 0.438. The van der Waals surface area contributed by atoms with Crippen LogP contribution < -0.4 is 10.9 Å². The van der Waals surface area contributed by atoms with E-state index in [-0.39, 0.29) is 18.1 Å². The highest BCUT2D eigenvalue weighted by molar-refractivity contribution is 5.73. The molecule has 23 heavy (non-hydrogen) atoms. The maximum Gasteiger partial charge on any atom is 0.317 e. The molecular weight excluding hydrogens is 296 g/mol. The Bertz CT molecular complexity index is 757. The van der Waals surface area contributed by atoms with Gasteiger partial charge in [-0.2, -0.15) is 0 Å². The van der Waals surface area contributed by atoms with Gasteiger partial charge >= 0.3 is 6.03 Å². The van der Waals surface area contributed by atoms with E-state index in [9.17, 15) is 9.59 Å². The number of pyridine rings is 1. The molecule has 2 aromatic rings. The van der Waals surface area contributed by atoms with Gasteiger partial charge in [0.25, 0.3) is 5.56 Å². The molecule has 2 heterocycles. The van der Waals surface area contributed by atoms with Crippen molar-refractivity contribution in [2.75, 3.05) is 7.05 Å². The minimum atomic E-state index is -0.260. The van der Waals surface area contributed by atoms with Crippen LogP contribution in [0.3, 0.4) is 0 Å². The molecule has 124 valence electrons. The van der Waals surface area contributed by atoms with E-state index in [0.29, 0.717) is 17.9 Å². The van der Waals surface area contributed by atoms with E-state index < -0.39 is 0 Å². The summed E-state index contributed by atoms with van der Waals surface area (Å²) in [5, 5.41) is 6.64. The lowest BCUT2D eigenvalue weighted by Crippen LogP contribution is -2.38. The lowest BCUT2D eigenvalue weighted by molar-refractivity contribution is 0.206. The van der Waals surface area contributed by atoms with Crippen molar-refractivity contribution < 1.29 is 9.32 Å². The third-order valence-corrected chi connectivity index (χ3v) is 3.83. The Labute approximate surface area is 134 Å². The number of aromatic nitrogens is 2. The molecule has 2 aromatic heterocycles. The zero-order valence-corrected chi connectivity index (χ0v) is 14.1. The first kappa shape index (κ1) is 16.8. The van der Waals surface area contributed by atoms with Gasteiger partial charge in [0.2, 0.25) is 0 Å². The quantitative estimate of drug-likeness (QED) is 0.901. The van der Waals surface area contributed by atoms with Crippen LogP contribution in [0.5, 0.6) is 0 Å². The largest absolute Gasteiger partial charge is 0.361 e. The molecular formula is C16H22N4O3. The van der Waals surface area contributed by atoms with Crippen LogP contribution >= 0.6 is 0 Å². The Morgan fingerprint density at radius 3 is 2.57 bits per heavy atom. The van der Waals surface area contributed by atoms with Crippen molar-refractivity contribution in [3.05, 3.63) is 50.3 Å². The molecule has 7 nitrogen and oxygen atoms in total. The van der Waals surface area contributed by atoms with E-state index >= 15 is 0 Å². The predicted octanol–water partition coefficient (Wildman–Crippen LogP) is 1.94. The van der Waals surface area contributed by atoms with Crippen molar-refractivity contribution in [3.8, 4) is 0 Å². The van der Waals surface area contributed by atoms with Gasteiger partial charge in [-0.1, -0.05) is 5.16 Å². The summed E-state index contributed by atoms with van der Waals surface area (Å²) >= 11 is 0. The van der Waals surface area contributed by atoms with Crippen molar-refractivity contribution in [3.63, 3.8) is 0 Å². The first-order valence-electron chi connectivity index (χ1n) is 7.39. The lowest BCUT2D eigenvalue weighted by atomic mass is 10.1. The van der Waals surface area contributed by atoms with Crippen LogP contribution in [-0.2, 0) is 13.1 Å². The summed E-state index contributed by atoms with van der Waals surface area (Å²) in [6, 6.07) is 1.63. The first-order chi connectivity index (χ1) is 10.8. The molecule has 0 saturated heterocycles. The van der Waals surface area contributed by atoms with Gasteiger partial charge in [-0.15, -0.1) is 0 Å².